The Kier molecular flexibility index (Phi) is 3.29. The SMILES string of the molecule is O=C(Nc1cccn2nc(C3CCC3)nc12)c1cccc(F)c1. The highest BCUT2D eigenvalue weighted by Crippen LogP contribution is 2.35. The molecule has 1 amide bonds. The van der Waals surface area contributed by atoms with Gasteiger partial charge in [0.05, 0.1) is 5.69 Å². The average Bonchev–Trinajstić information content (AvgIpc) is 2.89. The van der Waals surface area contributed by atoms with E-state index in [1.807, 2.05) is 6.20 Å². The second-order valence-electron chi connectivity index (χ2n) is 5.75. The molecule has 4 rings (SSSR count). The summed E-state index contributed by atoms with van der Waals surface area (Å²) in [6.45, 7) is 0. The third-order valence-corrected chi connectivity index (χ3v) is 4.18. The van der Waals surface area contributed by atoms with Gasteiger partial charge in [-0.1, -0.05) is 12.5 Å². The lowest BCUT2D eigenvalue weighted by molar-refractivity contribution is 0.102. The fourth-order valence-electron chi connectivity index (χ4n) is 2.68. The number of rotatable bonds is 3. The summed E-state index contributed by atoms with van der Waals surface area (Å²) in [5.41, 5.74) is 1.45. The van der Waals surface area contributed by atoms with Crippen molar-refractivity contribution >= 4 is 17.2 Å². The smallest absolute Gasteiger partial charge is 0.255 e. The number of hydrogen-bond donors (Lipinski definition) is 1. The molecule has 116 valence electrons. The summed E-state index contributed by atoms with van der Waals surface area (Å²) in [4.78, 5) is 16.8. The number of anilines is 1. The zero-order chi connectivity index (χ0) is 15.8. The van der Waals surface area contributed by atoms with Gasteiger partial charge in [0.1, 0.15) is 5.82 Å². The standard InChI is InChI=1S/C17H15FN4O/c18-13-7-2-6-12(10-13)17(23)19-14-8-3-9-22-16(14)20-15(21-22)11-4-1-5-11/h2-3,6-11H,1,4-5H2,(H,19,23). The van der Waals surface area contributed by atoms with Crippen molar-refractivity contribution in [1.29, 1.82) is 0 Å². The quantitative estimate of drug-likeness (QED) is 0.806. The van der Waals surface area contributed by atoms with Gasteiger partial charge in [0.2, 0.25) is 0 Å². The highest BCUT2D eigenvalue weighted by atomic mass is 19.1. The van der Waals surface area contributed by atoms with Gasteiger partial charge in [0.25, 0.3) is 5.91 Å². The summed E-state index contributed by atoms with van der Waals surface area (Å²) in [5, 5.41) is 7.27. The van der Waals surface area contributed by atoms with Crippen molar-refractivity contribution in [1.82, 2.24) is 14.6 Å². The molecule has 0 radical (unpaired) electrons. The molecule has 3 aromatic rings. The van der Waals surface area contributed by atoms with Crippen LogP contribution in [0.3, 0.4) is 0 Å². The van der Waals surface area contributed by atoms with E-state index in [0.29, 0.717) is 17.3 Å². The van der Waals surface area contributed by atoms with Gasteiger partial charge >= 0.3 is 0 Å². The predicted octanol–water partition coefficient (Wildman–Crippen LogP) is 3.39. The molecule has 0 atom stereocenters. The fraction of sp³-hybridized carbons (Fsp3) is 0.235. The molecule has 1 N–H and O–H groups in total. The molecule has 1 fully saturated rings. The predicted molar refractivity (Wildman–Crippen MR) is 83.9 cm³/mol. The number of halogens is 1. The van der Waals surface area contributed by atoms with Crippen molar-refractivity contribution in [3.05, 3.63) is 59.8 Å². The van der Waals surface area contributed by atoms with E-state index in [9.17, 15) is 9.18 Å². The maximum Gasteiger partial charge on any atom is 0.255 e. The molecule has 2 heterocycles. The molecule has 1 aromatic carbocycles. The van der Waals surface area contributed by atoms with Crippen LogP contribution in [0.25, 0.3) is 5.65 Å². The van der Waals surface area contributed by atoms with Gasteiger partial charge < -0.3 is 5.32 Å². The molecule has 5 nitrogen and oxygen atoms in total. The molecule has 1 aliphatic rings. The van der Waals surface area contributed by atoms with Gasteiger partial charge in [-0.3, -0.25) is 4.79 Å². The van der Waals surface area contributed by atoms with Crippen molar-refractivity contribution in [2.75, 3.05) is 5.32 Å². The molecule has 0 aliphatic heterocycles. The number of nitrogens with one attached hydrogen (secondary N) is 1. The highest BCUT2D eigenvalue weighted by Gasteiger charge is 2.24. The Morgan fingerprint density at radius 2 is 2.13 bits per heavy atom. The second kappa shape index (κ2) is 5.46. The molecule has 1 saturated carbocycles. The van der Waals surface area contributed by atoms with Crippen molar-refractivity contribution in [3.63, 3.8) is 0 Å². The third-order valence-electron chi connectivity index (χ3n) is 4.18. The Balaban J connectivity index is 1.65. The Labute approximate surface area is 132 Å². The summed E-state index contributed by atoms with van der Waals surface area (Å²) in [6, 6.07) is 9.16. The number of fused-ring (bicyclic) bond motifs is 1. The number of benzene rings is 1. The molecule has 0 bridgehead atoms. The van der Waals surface area contributed by atoms with Gasteiger partial charge in [-0.05, 0) is 43.2 Å². The largest absolute Gasteiger partial charge is 0.319 e. The van der Waals surface area contributed by atoms with Gasteiger partial charge in [-0.15, -0.1) is 0 Å². The molecule has 23 heavy (non-hydrogen) atoms. The lowest BCUT2D eigenvalue weighted by Gasteiger charge is -2.21. The minimum Gasteiger partial charge on any atom is -0.319 e. The number of nitrogens with zero attached hydrogens (tertiary/aromatic N) is 3. The normalized spacial score (nSPS) is 14.7. The molecule has 6 heteroatoms. The Morgan fingerprint density at radius 1 is 1.26 bits per heavy atom. The number of aromatic nitrogens is 3. The average molecular weight is 310 g/mol. The fourth-order valence-corrected chi connectivity index (χ4v) is 2.68. The number of amides is 1. The monoisotopic (exact) mass is 310 g/mol. The van der Waals surface area contributed by atoms with Crippen molar-refractivity contribution < 1.29 is 9.18 Å². The van der Waals surface area contributed by atoms with Gasteiger partial charge in [0.15, 0.2) is 11.5 Å². The molecule has 0 saturated heterocycles. The van der Waals surface area contributed by atoms with Crippen molar-refractivity contribution in [3.8, 4) is 0 Å². The van der Waals surface area contributed by atoms with Crippen LogP contribution >= 0.6 is 0 Å². The van der Waals surface area contributed by atoms with E-state index < -0.39 is 5.82 Å². The Bertz CT molecular complexity index is 885. The highest BCUT2D eigenvalue weighted by molar-refractivity contribution is 6.05. The van der Waals surface area contributed by atoms with Crippen molar-refractivity contribution in [2.24, 2.45) is 0 Å². The first-order valence-electron chi connectivity index (χ1n) is 7.63. The first kappa shape index (κ1) is 13.9. The minimum atomic E-state index is -0.439. The van der Waals surface area contributed by atoms with E-state index in [0.717, 1.165) is 18.7 Å². The zero-order valence-corrected chi connectivity index (χ0v) is 12.4. The molecular formula is C17H15FN4O. The maximum atomic E-state index is 13.3. The first-order chi connectivity index (χ1) is 11.2. The minimum absolute atomic E-state index is 0.269. The number of hydrogen-bond acceptors (Lipinski definition) is 3. The summed E-state index contributed by atoms with van der Waals surface area (Å²) in [5.74, 6) is 0.432. The molecule has 0 spiro atoms. The molecule has 0 unspecified atom stereocenters. The second-order valence-corrected chi connectivity index (χ2v) is 5.75. The lowest BCUT2D eigenvalue weighted by Crippen LogP contribution is -2.13. The third kappa shape index (κ3) is 2.56. The van der Waals surface area contributed by atoms with Gasteiger partial charge in [-0.2, -0.15) is 5.10 Å². The number of carbonyl (C=O) groups is 1. The first-order valence-corrected chi connectivity index (χ1v) is 7.63. The summed E-state index contributed by atoms with van der Waals surface area (Å²) in [6.07, 6.45) is 5.25. The van der Waals surface area contributed by atoms with Crippen LogP contribution < -0.4 is 5.32 Å². The van der Waals surface area contributed by atoms with Crippen LogP contribution in [-0.2, 0) is 0 Å². The summed E-state index contributed by atoms with van der Waals surface area (Å²) >= 11 is 0. The summed E-state index contributed by atoms with van der Waals surface area (Å²) in [7, 11) is 0. The van der Waals surface area contributed by atoms with Gasteiger partial charge in [0, 0.05) is 17.7 Å². The van der Waals surface area contributed by atoms with Crippen molar-refractivity contribution in [2.45, 2.75) is 25.2 Å². The van der Waals surface area contributed by atoms with Crippen LogP contribution in [0.5, 0.6) is 0 Å². The van der Waals surface area contributed by atoms with E-state index >= 15 is 0 Å². The molecular weight excluding hydrogens is 295 g/mol. The Morgan fingerprint density at radius 3 is 2.87 bits per heavy atom. The van der Waals surface area contributed by atoms with Crippen LogP contribution in [0.4, 0.5) is 10.1 Å². The molecule has 1 aliphatic carbocycles. The number of pyridine rings is 1. The maximum absolute atomic E-state index is 13.3. The van der Waals surface area contributed by atoms with E-state index in [-0.39, 0.29) is 11.5 Å². The van der Waals surface area contributed by atoms with Crippen LogP contribution in [0, 0.1) is 5.82 Å². The van der Waals surface area contributed by atoms with E-state index in [1.54, 1.807) is 22.7 Å². The van der Waals surface area contributed by atoms with E-state index in [1.165, 1.54) is 24.6 Å². The zero-order valence-electron chi connectivity index (χ0n) is 12.4. The van der Waals surface area contributed by atoms with E-state index in [4.69, 9.17) is 0 Å². The van der Waals surface area contributed by atoms with Crippen LogP contribution in [-0.4, -0.2) is 20.5 Å². The summed E-state index contributed by atoms with van der Waals surface area (Å²) < 4.78 is 14.9. The Hall–Kier alpha value is -2.76. The number of carbonyl (C=O) groups excluding carboxylic acids is 1. The van der Waals surface area contributed by atoms with Gasteiger partial charge in [-0.25, -0.2) is 13.9 Å². The van der Waals surface area contributed by atoms with Crippen LogP contribution in [0.15, 0.2) is 42.6 Å². The van der Waals surface area contributed by atoms with E-state index in [2.05, 4.69) is 15.4 Å². The topological polar surface area (TPSA) is 59.3 Å². The van der Waals surface area contributed by atoms with Crippen LogP contribution in [0.2, 0.25) is 0 Å². The lowest BCUT2D eigenvalue weighted by atomic mass is 9.85. The van der Waals surface area contributed by atoms with Crippen LogP contribution in [0.1, 0.15) is 41.4 Å². The molecule has 2 aromatic heterocycles.